The highest BCUT2D eigenvalue weighted by molar-refractivity contribution is 5.89. The number of benzene rings is 1. The first-order valence-electron chi connectivity index (χ1n) is 6.64. The number of carbonyl (C=O) groups excluding carboxylic acids is 1. The van der Waals surface area contributed by atoms with Crippen LogP contribution in [0.2, 0.25) is 0 Å². The molecule has 0 radical (unpaired) electrons. The van der Waals surface area contributed by atoms with E-state index < -0.39 is 0 Å². The van der Waals surface area contributed by atoms with Gasteiger partial charge in [-0.2, -0.15) is 0 Å². The monoisotopic (exact) mass is 249 g/mol. The third kappa shape index (κ3) is 4.40. The summed E-state index contributed by atoms with van der Waals surface area (Å²) in [4.78, 5) is 11.7. The van der Waals surface area contributed by atoms with Crippen LogP contribution < -0.4 is 5.32 Å². The molecule has 1 rings (SSSR count). The standard InChI is InChI=1S/C15H23NO2/c1-5-13(6-2)16-14-9-7-12(8-10-14)15(17)18-11(3)4/h7-11,13,16H,5-6H2,1-4H3. The van der Waals surface area contributed by atoms with Gasteiger partial charge in [0.05, 0.1) is 11.7 Å². The maximum absolute atomic E-state index is 11.7. The molecule has 0 unspecified atom stereocenters. The number of nitrogens with one attached hydrogen (secondary N) is 1. The van der Waals surface area contributed by atoms with Crippen molar-refractivity contribution >= 4 is 11.7 Å². The number of anilines is 1. The Morgan fingerprint density at radius 2 is 1.72 bits per heavy atom. The SMILES string of the molecule is CCC(CC)Nc1ccc(C(=O)OC(C)C)cc1. The summed E-state index contributed by atoms with van der Waals surface area (Å²) in [6.07, 6.45) is 2.10. The van der Waals surface area contributed by atoms with Gasteiger partial charge >= 0.3 is 5.97 Å². The van der Waals surface area contributed by atoms with Gasteiger partial charge in [-0.05, 0) is 51.0 Å². The van der Waals surface area contributed by atoms with Crippen molar-refractivity contribution in [3.63, 3.8) is 0 Å². The van der Waals surface area contributed by atoms with Crippen LogP contribution in [0.5, 0.6) is 0 Å². The molecule has 0 aliphatic rings. The van der Waals surface area contributed by atoms with E-state index in [4.69, 9.17) is 4.74 Å². The van der Waals surface area contributed by atoms with Crippen molar-refractivity contribution in [1.29, 1.82) is 0 Å². The Balaban J connectivity index is 2.65. The van der Waals surface area contributed by atoms with Gasteiger partial charge in [-0.15, -0.1) is 0 Å². The summed E-state index contributed by atoms with van der Waals surface area (Å²) in [5.41, 5.74) is 1.64. The zero-order valence-corrected chi connectivity index (χ0v) is 11.7. The van der Waals surface area contributed by atoms with Gasteiger partial charge in [0.15, 0.2) is 0 Å². The second kappa shape index (κ2) is 7.04. The molecule has 100 valence electrons. The van der Waals surface area contributed by atoms with Crippen LogP contribution in [-0.4, -0.2) is 18.1 Å². The van der Waals surface area contributed by atoms with Crippen LogP contribution in [0.3, 0.4) is 0 Å². The van der Waals surface area contributed by atoms with Crippen molar-refractivity contribution in [2.24, 2.45) is 0 Å². The quantitative estimate of drug-likeness (QED) is 0.778. The van der Waals surface area contributed by atoms with Crippen LogP contribution in [0.25, 0.3) is 0 Å². The van der Waals surface area contributed by atoms with Crippen LogP contribution in [0.15, 0.2) is 24.3 Å². The molecule has 0 fully saturated rings. The minimum absolute atomic E-state index is 0.0835. The Morgan fingerprint density at radius 1 is 1.17 bits per heavy atom. The Labute approximate surface area is 110 Å². The van der Waals surface area contributed by atoms with E-state index in [0.717, 1.165) is 18.5 Å². The van der Waals surface area contributed by atoms with Crippen LogP contribution in [0, 0.1) is 0 Å². The molecule has 0 amide bonds. The smallest absolute Gasteiger partial charge is 0.338 e. The van der Waals surface area contributed by atoms with Crippen LogP contribution in [-0.2, 0) is 4.74 Å². The van der Waals surface area contributed by atoms with Crippen molar-refractivity contribution in [2.45, 2.75) is 52.7 Å². The minimum atomic E-state index is -0.265. The van der Waals surface area contributed by atoms with Crippen molar-refractivity contribution in [2.75, 3.05) is 5.32 Å². The third-order valence-electron chi connectivity index (χ3n) is 2.82. The van der Waals surface area contributed by atoms with E-state index in [1.54, 1.807) is 12.1 Å². The lowest BCUT2D eigenvalue weighted by molar-refractivity contribution is 0.0378. The highest BCUT2D eigenvalue weighted by atomic mass is 16.5. The number of carbonyl (C=O) groups is 1. The van der Waals surface area contributed by atoms with E-state index in [9.17, 15) is 4.79 Å². The molecule has 0 aliphatic carbocycles. The Bertz CT molecular complexity index is 367. The van der Waals surface area contributed by atoms with Gasteiger partial charge in [-0.25, -0.2) is 4.79 Å². The van der Waals surface area contributed by atoms with Gasteiger partial charge in [0, 0.05) is 11.7 Å². The van der Waals surface area contributed by atoms with Crippen LogP contribution >= 0.6 is 0 Å². The fourth-order valence-corrected chi connectivity index (χ4v) is 1.71. The fraction of sp³-hybridized carbons (Fsp3) is 0.533. The Kier molecular flexibility index (Phi) is 5.69. The Morgan fingerprint density at radius 3 is 2.17 bits per heavy atom. The lowest BCUT2D eigenvalue weighted by atomic mass is 10.1. The predicted octanol–water partition coefficient (Wildman–Crippen LogP) is 3.85. The molecule has 18 heavy (non-hydrogen) atoms. The summed E-state index contributed by atoms with van der Waals surface area (Å²) in [7, 11) is 0. The Hall–Kier alpha value is -1.51. The van der Waals surface area contributed by atoms with Crippen molar-refractivity contribution in [1.82, 2.24) is 0 Å². The summed E-state index contributed by atoms with van der Waals surface area (Å²) in [6.45, 7) is 8.02. The van der Waals surface area contributed by atoms with E-state index in [-0.39, 0.29) is 12.1 Å². The zero-order valence-electron chi connectivity index (χ0n) is 11.7. The van der Waals surface area contributed by atoms with E-state index in [0.29, 0.717) is 11.6 Å². The molecule has 0 aromatic heterocycles. The number of hydrogen-bond donors (Lipinski definition) is 1. The number of rotatable bonds is 6. The number of esters is 1. The van der Waals surface area contributed by atoms with Crippen LogP contribution in [0.4, 0.5) is 5.69 Å². The van der Waals surface area contributed by atoms with Crippen molar-refractivity contribution in [3.8, 4) is 0 Å². The second-order valence-corrected chi connectivity index (χ2v) is 4.69. The summed E-state index contributed by atoms with van der Waals surface area (Å²) in [6, 6.07) is 7.94. The molecule has 0 saturated heterocycles. The minimum Gasteiger partial charge on any atom is -0.459 e. The molecular formula is C15H23NO2. The molecule has 1 aromatic carbocycles. The largest absolute Gasteiger partial charge is 0.459 e. The van der Waals surface area contributed by atoms with E-state index >= 15 is 0 Å². The van der Waals surface area contributed by atoms with Gasteiger partial charge < -0.3 is 10.1 Å². The lowest BCUT2D eigenvalue weighted by Gasteiger charge is -2.16. The summed E-state index contributed by atoms with van der Waals surface area (Å²) >= 11 is 0. The molecule has 0 spiro atoms. The lowest BCUT2D eigenvalue weighted by Crippen LogP contribution is -2.17. The van der Waals surface area contributed by atoms with E-state index in [1.165, 1.54) is 0 Å². The van der Waals surface area contributed by atoms with Gasteiger partial charge in [-0.1, -0.05) is 13.8 Å². The first kappa shape index (κ1) is 14.6. The van der Waals surface area contributed by atoms with E-state index in [1.807, 2.05) is 26.0 Å². The molecule has 0 atom stereocenters. The molecular weight excluding hydrogens is 226 g/mol. The molecule has 3 heteroatoms. The maximum atomic E-state index is 11.7. The fourth-order valence-electron chi connectivity index (χ4n) is 1.71. The summed E-state index contributed by atoms with van der Waals surface area (Å²) < 4.78 is 5.14. The normalized spacial score (nSPS) is 10.8. The number of hydrogen-bond acceptors (Lipinski definition) is 3. The van der Waals surface area contributed by atoms with Gasteiger partial charge in [0.1, 0.15) is 0 Å². The molecule has 0 saturated carbocycles. The van der Waals surface area contributed by atoms with Gasteiger partial charge in [0.2, 0.25) is 0 Å². The summed E-state index contributed by atoms with van der Waals surface area (Å²) in [5, 5.41) is 3.43. The van der Waals surface area contributed by atoms with Crippen LogP contribution in [0.1, 0.15) is 50.9 Å². The molecule has 3 nitrogen and oxygen atoms in total. The summed E-state index contributed by atoms with van der Waals surface area (Å²) in [5.74, 6) is -0.265. The number of ether oxygens (including phenoxy) is 1. The molecule has 0 bridgehead atoms. The molecule has 0 heterocycles. The first-order chi connectivity index (χ1) is 8.56. The highest BCUT2D eigenvalue weighted by Gasteiger charge is 2.09. The zero-order chi connectivity index (χ0) is 13.5. The maximum Gasteiger partial charge on any atom is 0.338 e. The molecule has 1 aromatic rings. The van der Waals surface area contributed by atoms with Crippen molar-refractivity contribution in [3.05, 3.63) is 29.8 Å². The van der Waals surface area contributed by atoms with Gasteiger partial charge in [-0.3, -0.25) is 0 Å². The second-order valence-electron chi connectivity index (χ2n) is 4.69. The van der Waals surface area contributed by atoms with Crippen molar-refractivity contribution < 1.29 is 9.53 Å². The first-order valence-corrected chi connectivity index (χ1v) is 6.64. The average molecular weight is 249 g/mol. The molecule has 1 N–H and O–H groups in total. The highest BCUT2D eigenvalue weighted by Crippen LogP contribution is 2.14. The topological polar surface area (TPSA) is 38.3 Å². The molecule has 0 aliphatic heterocycles. The average Bonchev–Trinajstić information content (AvgIpc) is 2.35. The third-order valence-corrected chi connectivity index (χ3v) is 2.82. The van der Waals surface area contributed by atoms with Gasteiger partial charge in [0.25, 0.3) is 0 Å². The predicted molar refractivity (Wildman–Crippen MR) is 75.0 cm³/mol. The van der Waals surface area contributed by atoms with E-state index in [2.05, 4.69) is 19.2 Å².